The van der Waals surface area contributed by atoms with Gasteiger partial charge in [-0.15, -0.1) is 11.3 Å². The second-order valence-corrected chi connectivity index (χ2v) is 12.2. The number of fused-ring (bicyclic) bond motifs is 2. The summed E-state index contributed by atoms with van der Waals surface area (Å²) in [6, 6.07) is 18.8. The van der Waals surface area contributed by atoms with Crippen LogP contribution in [0.2, 0.25) is 0 Å². The number of nitrogens with zero attached hydrogens (tertiary/aromatic N) is 2. The number of carbonyl (C=O) groups excluding carboxylic acids is 1. The highest BCUT2D eigenvalue weighted by Gasteiger charge is 2.26. The zero-order valence-corrected chi connectivity index (χ0v) is 23.3. The Morgan fingerprint density at radius 1 is 1.10 bits per heavy atom. The average Bonchev–Trinajstić information content (AvgIpc) is 3.67. The summed E-state index contributed by atoms with van der Waals surface area (Å²) < 4.78 is 46.2. The van der Waals surface area contributed by atoms with Crippen LogP contribution in [0.1, 0.15) is 10.4 Å². The number of benzene rings is 3. The van der Waals surface area contributed by atoms with Crippen molar-refractivity contribution in [1.29, 1.82) is 0 Å². The number of aromatic amines is 1. The molecule has 3 heterocycles. The predicted octanol–water partition coefficient (Wildman–Crippen LogP) is 6.27. The smallest absolute Gasteiger partial charge is 0.255 e. The fourth-order valence-electron chi connectivity index (χ4n) is 4.64. The number of para-hydroxylation sites is 1. The molecule has 11 heteroatoms. The number of carbonyl (C=O) groups is 1. The van der Waals surface area contributed by atoms with Gasteiger partial charge in [0.25, 0.3) is 5.91 Å². The van der Waals surface area contributed by atoms with Gasteiger partial charge in [-0.2, -0.15) is 0 Å². The molecule has 3 aromatic heterocycles. The van der Waals surface area contributed by atoms with Crippen LogP contribution in [0.5, 0.6) is 0 Å². The van der Waals surface area contributed by atoms with Crippen LogP contribution in [0.3, 0.4) is 0 Å². The van der Waals surface area contributed by atoms with E-state index in [0.717, 1.165) is 32.2 Å². The molecule has 0 radical (unpaired) electrons. The first-order valence-corrected chi connectivity index (χ1v) is 14.9. The Balaban J connectivity index is 1.58. The first kappa shape index (κ1) is 25.8. The minimum absolute atomic E-state index is 0.247. The number of hydrogen-bond donors (Lipinski definition) is 2. The molecule has 0 unspecified atom stereocenters. The topological polar surface area (TPSA) is 108 Å². The van der Waals surface area contributed by atoms with Gasteiger partial charge in [0.2, 0.25) is 10.0 Å². The van der Waals surface area contributed by atoms with Crippen LogP contribution >= 0.6 is 11.3 Å². The third-order valence-corrected chi connectivity index (χ3v) is 8.81. The van der Waals surface area contributed by atoms with Gasteiger partial charge in [0.05, 0.1) is 28.9 Å². The van der Waals surface area contributed by atoms with Gasteiger partial charge < -0.3 is 14.7 Å². The number of amides is 1. The van der Waals surface area contributed by atoms with E-state index in [0.29, 0.717) is 33.5 Å². The van der Waals surface area contributed by atoms with Gasteiger partial charge in [0.1, 0.15) is 22.2 Å². The molecule has 0 atom stereocenters. The summed E-state index contributed by atoms with van der Waals surface area (Å²) in [5.74, 6) is -0.572. The van der Waals surface area contributed by atoms with Crippen molar-refractivity contribution in [3.63, 3.8) is 0 Å². The van der Waals surface area contributed by atoms with Crippen molar-refractivity contribution >= 4 is 54.8 Å². The average molecular weight is 575 g/mol. The number of hydrogen-bond acceptors (Lipinski definition) is 6. The largest absolute Gasteiger partial charge is 0.455 e. The van der Waals surface area contributed by atoms with Crippen LogP contribution < -0.4 is 9.62 Å². The number of rotatable bonds is 6. The number of furan rings is 1. The van der Waals surface area contributed by atoms with Crippen molar-refractivity contribution in [2.75, 3.05) is 24.7 Å². The normalized spacial score (nSPS) is 11.8. The van der Waals surface area contributed by atoms with Crippen molar-refractivity contribution in [3.8, 4) is 33.3 Å². The van der Waals surface area contributed by atoms with Crippen molar-refractivity contribution in [2.24, 2.45) is 0 Å². The second-order valence-electron chi connectivity index (χ2n) is 9.30. The summed E-state index contributed by atoms with van der Waals surface area (Å²) in [5.41, 5.74) is 4.27. The lowest BCUT2D eigenvalue weighted by atomic mass is 10.0. The van der Waals surface area contributed by atoms with Crippen molar-refractivity contribution < 1.29 is 22.0 Å². The molecule has 1 amide bonds. The Labute approximate surface area is 233 Å². The van der Waals surface area contributed by atoms with Gasteiger partial charge in [0, 0.05) is 53.0 Å². The van der Waals surface area contributed by atoms with E-state index in [-0.39, 0.29) is 11.3 Å². The van der Waals surface area contributed by atoms with E-state index in [9.17, 15) is 17.6 Å². The van der Waals surface area contributed by atoms with Gasteiger partial charge in [-0.3, -0.25) is 9.10 Å². The van der Waals surface area contributed by atoms with Crippen LogP contribution in [-0.2, 0) is 10.0 Å². The molecule has 3 aromatic carbocycles. The number of nitrogens with one attached hydrogen (secondary N) is 2. The van der Waals surface area contributed by atoms with Crippen molar-refractivity contribution in [2.45, 2.75) is 0 Å². The maximum atomic E-state index is 13.6. The molecule has 0 saturated heterocycles. The minimum Gasteiger partial charge on any atom is -0.455 e. The van der Waals surface area contributed by atoms with Crippen molar-refractivity contribution in [1.82, 2.24) is 15.3 Å². The number of H-pyrrole nitrogens is 1. The molecule has 40 heavy (non-hydrogen) atoms. The van der Waals surface area contributed by atoms with Crippen molar-refractivity contribution in [3.05, 3.63) is 83.5 Å². The maximum Gasteiger partial charge on any atom is 0.255 e. The summed E-state index contributed by atoms with van der Waals surface area (Å²) in [6.45, 7) is 0. The van der Waals surface area contributed by atoms with Crippen LogP contribution in [0.25, 0.3) is 55.2 Å². The second kappa shape index (κ2) is 9.61. The van der Waals surface area contributed by atoms with E-state index in [2.05, 4.69) is 10.3 Å². The molecule has 0 fully saturated rings. The highest BCUT2D eigenvalue weighted by Crippen LogP contribution is 2.42. The Bertz CT molecular complexity index is 1990. The van der Waals surface area contributed by atoms with E-state index < -0.39 is 21.7 Å². The summed E-state index contributed by atoms with van der Waals surface area (Å²) >= 11 is 1.42. The molecule has 0 saturated carbocycles. The van der Waals surface area contributed by atoms with Gasteiger partial charge in [-0.1, -0.05) is 18.2 Å². The molecule has 0 bridgehead atoms. The lowest BCUT2D eigenvalue weighted by Gasteiger charge is -2.19. The Morgan fingerprint density at radius 3 is 2.55 bits per heavy atom. The quantitative estimate of drug-likeness (QED) is 0.244. The Hall–Kier alpha value is -4.48. The summed E-state index contributed by atoms with van der Waals surface area (Å²) in [4.78, 5) is 21.3. The van der Waals surface area contributed by atoms with E-state index in [1.54, 1.807) is 12.1 Å². The maximum absolute atomic E-state index is 13.6. The van der Waals surface area contributed by atoms with Gasteiger partial charge in [0.15, 0.2) is 0 Å². The number of halogens is 1. The predicted molar refractivity (Wildman–Crippen MR) is 157 cm³/mol. The van der Waals surface area contributed by atoms with E-state index in [1.807, 2.05) is 35.7 Å². The number of thiazole rings is 1. The lowest BCUT2D eigenvalue weighted by molar-refractivity contribution is 0.0964. The van der Waals surface area contributed by atoms with Crippen LogP contribution in [0.15, 0.2) is 76.5 Å². The summed E-state index contributed by atoms with van der Waals surface area (Å²) in [5, 5.41) is 6.74. The van der Waals surface area contributed by atoms with E-state index in [4.69, 9.17) is 9.40 Å². The molecular formula is C29H23FN4O4S2. The third-order valence-electron chi connectivity index (χ3n) is 6.74. The number of anilines is 1. The summed E-state index contributed by atoms with van der Waals surface area (Å²) in [7, 11) is -0.697. The van der Waals surface area contributed by atoms with Gasteiger partial charge in [-0.05, 0) is 42.5 Å². The molecule has 0 spiro atoms. The zero-order chi connectivity index (χ0) is 28.2. The number of aromatic nitrogens is 2. The first-order chi connectivity index (χ1) is 19.1. The van der Waals surface area contributed by atoms with Gasteiger partial charge in [-0.25, -0.2) is 17.8 Å². The number of sulfonamides is 1. The highest BCUT2D eigenvalue weighted by molar-refractivity contribution is 7.92. The Morgan fingerprint density at radius 2 is 1.85 bits per heavy atom. The fourth-order valence-corrected chi connectivity index (χ4v) is 5.94. The van der Waals surface area contributed by atoms with E-state index >= 15 is 0 Å². The Kier molecular flexibility index (Phi) is 6.20. The lowest BCUT2D eigenvalue weighted by Crippen LogP contribution is -2.25. The SMILES string of the molecule is CNC(=O)c1c(-c2ccc(F)cc2)oc2cc(N(C)S(C)(=O)=O)c(-c3csc(-c4cc5ccccc5[nH]4)n3)cc12. The molecule has 6 aromatic rings. The molecule has 6 rings (SSSR count). The van der Waals surface area contributed by atoms with Crippen LogP contribution in [0.4, 0.5) is 10.1 Å². The molecule has 0 aliphatic heterocycles. The molecule has 0 aliphatic carbocycles. The highest BCUT2D eigenvalue weighted by atomic mass is 32.2. The molecule has 2 N–H and O–H groups in total. The third kappa shape index (κ3) is 4.42. The zero-order valence-electron chi connectivity index (χ0n) is 21.7. The monoisotopic (exact) mass is 574 g/mol. The van der Waals surface area contributed by atoms with E-state index in [1.165, 1.54) is 49.7 Å². The van der Waals surface area contributed by atoms with Crippen LogP contribution in [-0.4, -0.2) is 44.6 Å². The molecular weight excluding hydrogens is 551 g/mol. The molecule has 8 nitrogen and oxygen atoms in total. The molecule has 202 valence electrons. The van der Waals surface area contributed by atoms with Gasteiger partial charge >= 0.3 is 0 Å². The fraction of sp³-hybridized carbons (Fsp3) is 0.103. The first-order valence-electron chi connectivity index (χ1n) is 12.2. The molecule has 0 aliphatic rings. The summed E-state index contributed by atoms with van der Waals surface area (Å²) in [6.07, 6.45) is 1.11. The van der Waals surface area contributed by atoms with Crippen LogP contribution in [0, 0.1) is 5.82 Å². The standard InChI is InChI=1S/C29H23FN4O4S2/c1-31-28(35)26-20-13-19(23-15-39-29(33-23)22-12-17-6-4-5-7-21(17)32-22)24(34(2)40(3,36)37)14-25(20)38-27(26)16-8-10-18(30)11-9-16/h4-15,32H,1-3H3,(H,31,35). The minimum atomic E-state index is -3.66.